The van der Waals surface area contributed by atoms with Gasteiger partial charge in [-0.1, -0.05) is 39.5 Å². The van der Waals surface area contributed by atoms with E-state index in [1.807, 2.05) is 31.2 Å². The fourth-order valence-electron chi connectivity index (χ4n) is 5.62. The van der Waals surface area contributed by atoms with Gasteiger partial charge >= 0.3 is 11.9 Å². The highest BCUT2D eigenvalue weighted by atomic mass is 16.6. The molecule has 0 aromatic heterocycles. The second-order valence-corrected chi connectivity index (χ2v) is 9.80. The first-order valence-electron chi connectivity index (χ1n) is 10.9. The average molecular weight is 397 g/mol. The Balaban J connectivity index is 1.27. The van der Waals surface area contributed by atoms with E-state index >= 15 is 0 Å². The number of hydrogen-bond donors (Lipinski definition) is 0. The molecule has 0 radical (unpaired) electrons. The average Bonchev–Trinajstić information content (AvgIpc) is 3.16. The van der Waals surface area contributed by atoms with Crippen LogP contribution in [0, 0.1) is 23.2 Å². The first-order valence-corrected chi connectivity index (χ1v) is 10.9. The predicted octanol–water partition coefficient (Wildman–Crippen LogP) is 5.28. The Hall–Kier alpha value is -2.10. The molecule has 3 fully saturated rings. The number of esters is 2. The van der Waals surface area contributed by atoms with E-state index in [0.717, 1.165) is 25.7 Å². The van der Waals surface area contributed by atoms with Gasteiger partial charge in [0.25, 0.3) is 0 Å². The second kappa shape index (κ2) is 7.30. The zero-order chi connectivity index (χ0) is 20.9. The maximum absolute atomic E-state index is 12.4. The lowest BCUT2D eigenvalue weighted by Crippen LogP contribution is -2.26. The minimum absolute atomic E-state index is 0.0188. The van der Waals surface area contributed by atoms with Crippen molar-refractivity contribution in [1.29, 1.82) is 0 Å². The number of carbonyl (C=O) groups is 2. The molecule has 3 aliphatic rings. The third kappa shape index (κ3) is 3.62. The van der Waals surface area contributed by atoms with Crippen LogP contribution in [0.1, 0.15) is 75.2 Å². The van der Waals surface area contributed by atoms with Crippen molar-refractivity contribution in [2.45, 2.75) is 71.5 Å². The van der Waals surface area contributed by atoms with Crippen LogP contribution in [-0.4, -0.2) is 24.1 Å². The van der Waals surface area contributed by atoms with E-state index in [9.17, 15) is 9.59 Å². The van der Waals surface area contributed by atoms with Crippen LogP contribution in [0.4, 0.5) is 0 Å². The van der Waals surface area contributed by atoms with Crippen LogP contribution in [0.2, 0.25) is 0 Å². The molecule has 4 nitrogen and oxygen atoms in total. The Kier molecular flexibility index (Phi) is 5.08. The molecule has 4 rings (SSSR count). The summed E-state index contributed by atoms with van der Waals surface area (Å²) < 4.78 is 11.2. The van der Waals surface area contributed by atoms with Gasteiger partial charge in [-0.15, -0.1) is 0 Å². The summed E-state index contributed by atoms with van der Waals surface area (Å²) >= 11 is 0. The van der Waals surface area contributed by atoms with Crippen molar-refractivity contribution in [2.24, 2.45) is 23.2 Å². The minimum atomic E-state index is -0.245. The molecule has 29 heavy (non-hydrogen) atoms. The van der Waals surface area contributed by atoms with Gasteiger partial charge in [0, 0.05) is 11.5 Å². The highest BCUT2D eigenvalue weighted by molar-refractivity contribution is 5.91. The molecule has 6 atom stereocenters. The molecular weight excluding hydrogens is 364 g/mol. The molecule has 0 amide bonds. The monoisotopic (exact) mass is 396 g/mol. The minimum Gasteiger partial charge on any atom is -0.459 e. The molecule has 1 aliphatic heterocycles. The van der Waals surface area contributed by atoms with E-state index in [4.69, 9.17) is 9.47 Å². The third-order valence-electron chi connectivity index (χ3n) is 7.64. The SMILES string of the molecule is C=C1C(=O)O[C@@H]2C[C@]3(C)C(CCC(C)OC(=O)c4ccc(C(C)C)cc4)[C@@H]3C[C@H]12. The normalized spacial score (nSPS) is 33.7. The second-order valence-electron chi connectivity index (χ2n) is 9.80. The Morgan fingerprint density at radius 2 is 1.97 bits per heavy atom. The molecule has 2 saturated carbocycles. The van der Waals surface area contributed by atoms with Gasteiger partial charge in [-0.3, -0.25) is 0 Å². The largest absolute Gasteiger partial charge is 0.459 e. The number of ether oxygens (including phenoxy) is 2. The molecule has 156 valence electrons. The van der Waals surface area contributed by atoms with Crippen molar-refractivity contribution in [2.75, 3.05) is 0 Å². The molecule has 2 unspecified atom stereocenters. The molecule has 1 heterocycles. The molecule has 1 aromatic carbocycles. The van der Waals surface area contributed by atoms with Crippen molar-refractivity contribution in [3.05, 3.63) is 47.5 Å². The Morgan fingerprint density at radius 3 is 2.62 bits per heavy atom. The molecule has 0 bridgehead atoms. The summed E-state index contributed by atoms with van der Waals surface area (Å²) in [5.41, 5.74) is 2.75. The van der Waals surface area contributed by atoms with Gasteiger partial charge in [0.05, 0.1) is 11.7 Å². The third-order valence-corrected chi connectivity index (χ3v) is 7.64. The van der Waals surface area contributed by atoms with Gasteiger partial charge in [-0.05, 0) is 73.5 Å². The van der Waals surface area contributed by atoms with E-state index in [1.165, 1.54) is 5.56 Å². The van der Waals surface area contributed by atoms with Crippen LogP contribution in [0.15, 0.2) is 36.4 Å². The Labute approximate surface area is 173 Å². The van der Waals surface area contributed by atoms with Gasteiger partial charge in [-0.2, -0.15) is 0 Å². The van der Waals surface area contributed by atoms with Crippen LogP contribution < -0.4 is 0 Å². The van der Waals surface area contributed by atoms with Gasteiger partial charge < -0.3 is 9.47 Å². The molecule has 1 saturated heterocycles. The summed E-state index contributed by atoms with van der Waals surface area (Å²) in [4.78, 5) is 24.2. The lowest BCUT2D eigenvalue weighted by atomic mass is 9.79. The van der Waals surface area contributed by atoms with Gasteiger partial charge in [-0.25, -0.2) is 9.59 Å². The maximum atomic E-state index is 12.4. The fourth-order valence-corrected chi connectivity index (χ4v) is 5.62. The zero-order valence-electron chi connectivity index (χ0n) is 17.9. The van der Waals surface area contributed by atoms with Crippen LogP contribution >= 0.6 is 0 Å². The summed E-state index contributed by atoms with van der Waals surface area (Å²) in [6, 6.07) is 7.71. The standard InChI is InChI=1S/C25H32O4/c1-14(2)17-7-9-18(10-8-17)24(27)28-15(3)6-11-20-21-12-19-16(4)23(26)29-22(19)13-25(20,21)5/h7-10,14-15,19-22H,4,6,11-13H2,1-3,5H3/t15?,19-,20?,21+,22-,25-/m1/s1. The van der Waals surface area contributed by atoms with E-state index in [0.29, 0.717) is 28.9 Å². The summed E-state index contributed by atoms with van der Waals surface area (Å²) in [6.45, 7) is 12.5. The lowest BCUT2D eigenvalue weighted by Gasteiger charge is -2.27. The summed E-state index contributed by atoms with van der Waals surface area (Å²) in [6.07, 6.45) is 3.77. The van der Waals surface area contributed by atoms with E-state index in [1.54, 1.807) is 0 Å². The van der Waals surface area contributed by atoms with Crippen molar-refractivity contribution in [3.63, 3.8) is 0 Å². The van der Waals surface area contributed by atoms with Crippen molar-refractivity contribution >= 4 is 11.9 Å². The lowest BCUT2D eigenvalue weighted by molar-refractivity contribution is -0.140. The number of benzene rings is 1. The first kappa shape index (κ1) is 20.2. The van der Waals surface area contributed by atoms with Crippen molar-refractivity contribution < 1.29 is 19.1 Å². The van der Waals surface area contributed by atoms with Crippen LogP contribution in [0.3, 0.4) is 0 Å². The molecule has 4 heteroatoms. The van der Waals surface area contributed by atoms with E-state index < -0.39 is 0 Å². The molecule has 2 aliphatic carbocycles. The Bertz CT molecular complexity index is 824. The number of fused-ring (bicyclic) bond motifs is 2. The topological polar surface area (TPSA) is 52.6 Å². The fraction of sp³-hybridized carbons (Fsp3) is 0.600. The highest BCUT2D eigenvalue weighted by Gasteiger charge is 2.66. The molecule has 1 aromatic rings. The number of rotatable bonds is 6. The highest BCUT2D eigenvalue weighted by Crippen LogP contribution is 2.70. The van der Waals surface area contributed by atoms with Gasteiger partial charge in [0.15, 0.2) is 0 Å². The zero-order valence-corrected chi connectivity index (χ0v) is 17.9. The first-order chi connectivity index (χ1) is 13.7. The van der Waals surface area contributed by atoms with E-state index in [2.05, 4.69) is 27.4 Å². The van der Waals surface area contributed by atoms with Crippen LogP contribution in [-0.2, 0) is 14.3 Å². The quantitative estimate of drug-likeness (QED) is 0.485. The van der Waals surface area contributed by atoms with Crippen LogP contribution in [0.25, 0.3) is 0 Å². The molecule has 0 N–H and O–H groups in total. The summed E-state index contributed by atoms with van der Waals surface area (Å²) in [5.74, 6) is 1.44. The van der Waals surface area contributed by atoms with Gasteiger partial charge in [0.2, 0.25) is 0 Å². The maximum Gasteiger partial charge on any atom is 0.338 e. The van der Waals surface area contributed by atoms with Crippen molar-refractivity contribution in [1.82, 2.24) is 0 Å². The molecule has 0 spiro atoms. The van der Waals surface area contributed by atoms with Crippen LogP contribution in [0.5, 0.6) is 0 Å². The summed E-state index contributed by atoms with van der Waals surface area (Å²) in [7, 11) is 0. The van der Waals surface area contributed by atoms with E-state index in [-0.39, 0.29) is 35.5 Å². The number of hydrogen-bond acceptors (Lipinski definition) is 4. The smallest absolute Gasteiger partial charge is 0.338 e. The summed E-state index contributed by atoms with van der Waals surface area (Å²) in [5, 5.41) is 0. The van der Waals surface area contributed by atoms with Gasteiger partial charge in [0.1, 0.15) is 6.10 Å². The predicted molar refractivity (Wildman–Crippen MR) is 111 cm³/mol. The number of carbonyl (C=O) groups excluding carboxylic acids is 2. The Morgan fingerprint density at radius 1 is 1.28 bits per heavy atom. The van der Waals surface area contributed by atoms with Crippen molar-refractivity contribution in [3.8, 4) is 0 Å². The molecular formula is C25H32O4.